The van der Waals surface area contributed by atoms with Crippen LogP contribution in [0.25, 0.3) is 0 Å². The molecular weight excluding hydrogens is 242 g/mol. The van der Waals surface area contributed by atoms with Gasteiger partial charge in [-0.1, -0.05) is 0 Å². The normalized spacial score (nSPS) is 10.2. The summed E-state index contributed by atoms with van der Waals surface area (Å²) in [6, 6.07) is 10.2. The molecule has 0 saturated carbocycles. The molecule has 2 rings (SSSR count). The fraction of sp³-hybridized carbons (Fsp3) is 0.143. The summed E-state index contributed by atoms with van der Waals surface area (Å²) in [5, 5.41) is 12.8. The largest absolute Gasteiger partial charge is 0.506 e. The number of rotatable bonds is 4. The molecule has 4 N–H and O–H groups in total. The number of nitrogens with two attached hydrogens (primary N) is 1. The molecule has 5 heteroatoms. The van der Waals surface area contributed by atoms with E-state index in [1.54, 1.807) is 36.4 Å². The second-order valence-electron chi connectivity index (χ2n) is 4.21. The Morgan fingerprint density at radius 2 is 1.95 bits per heavy atom. The first kappa shape index (κ1) is 12.9. The van der Waals surface area contributed by atoms with Crippen molar-refractivity contribution in [2.75, 3.05) is 5.32 Å². The van der Waals surface area contributed by atoms with Crippen LogP contribution in [0.4, 0.5) is 5.69 Å². The molecule has 0 aliphatic heterocycles. The summed E-state index contributed by atoms with van der Waals surface area (Å²) in [4.78, 5) is 15.2. The van der Waals surface area contributed by atoms with E-state index in [4.69, 9.17) is 5.73 Å². The number of aromatic hydroxyl groups is 1. The van der Waals surface area contributed by atoms with E-state index in [1.807, 2.05) is 6.92 Å². The predicted octanol–water partition coefficient (Wildman–Crippen LogP) is 1.81. The van der Waals surface area contributed by atoms with E-state index < -0.39 is 5.91 Å². The van der Waals surface area contributed by atoms with Crippen LogP contribution in [-0.2, 0) is 6.54 Å². The number of aromatic nitrogens is 1. The van der Waals surface area contributed by atoms with E-state index in [2.05, 4.69) is 10.3 Å². The fourth-order valence-electron chi connectivity index (χ4n) is 1.67. The molecular formula is C14H15N3O2. The van der Waals surface area contributed by atoms with Gasteiger partial charge in [0.2, 0.25) is 5.91 Å². The molecule has 1 aromatic heterocycles. The summed E-state index contributed by atoms with van der Waals surface area (Å²) in [6.45, 7) is 2.27. The number of hydrogen-bond acceptors (Lipinski definition) is 4. The van der Waals surface area contributed by atoms with Crippen molar-refractivity contribution in [2.24, 2.45) is 5.73 Å². The Balaban J connectivity index is 2.06. The van der Waals surface area contributed by atoms with Crippen molar-refractivity contribution in [2.45, 2.75) is 13.5 Å². The van der Waals surface area contributed by atoms with Crippen molar-refractivity contribution in [3.05, 3.63) is 53.3 Å². The lowest BCUT2D eigenvalue weighted by Gasteiger charge is -2.08. The summed E-state index contributed by atoms with van der Waals surface area (Å²) >= 11 is 0. The molecule has 1 aromatic carbocycles. The van der Waals surface area contributed by atoms with Crippen molar-refractivity contribution < 1.29 is 9.90 Å². The Bertz CT molecular complexity index is 594. The molecule has 0 spiro atoms. The van der Waals surface area contributed by atoms with Crippen molar-refractivity contribution in [3.8, 4) is 5.75 Å². The van der Waals surface area contributed by atoms with Crippen LogP contribution < -0.4 is 11.1 Å². The van der Waals surface area contributed by atoms with Gasteiger partial charge in [0.05, 0.1) is 6.54 Å². The van der Waals surface area contributed by atoms with Crippen molar-refractivity contribution >= 4 is 11.6 Å². The van der Waals surface area contributed by atoms with Gasteiger partial charge in [-0.05, 0) is 43.3 Å². The molecule has 0 radical (unpaired) electrons. The maximum absolute atomic E-state index is 10.9. The lowest BCUT2D eigenvalue weighted by atomic mass is 10.2. The van der Waals surface area contributed by atoms with Gasteiger partial charge in [-0.3, -0.25) is 9.78 Å². The summed E-state index contributed by atoms with van der Waals surface area (Å²) in [5.41, 5.74) is 7.88. The molecule has 19 heavy (non-hydrogen) atoms. The van der Waals surface area contributed by atoms with E-state index in [1.165, 1.54) is 0 Å². The minimum Gasteiger partial charge on any atom is -0.506 e. The molecule has 98 valence electrons. The van der Waals surface area contributed by atoms with E-state index in [0.717, 1.165) is 11.4 Å². The van der Waals surface area contributed by atoms with E-state index in [0.29, 0.717) is 17.8 Å². The standard InChI is InChI=1S/C14H15N3O2/c1-9-2-7-13(18)12(17-9)8-16-11-5-3-10(4-6-11)14(15)19/h2-7,16,18H,8H2,1H3,(H2,15,19). The predicted molar refractivity (Wildman–Crippen MR) is 72.9 cm³/mol. The Kier molecular flexibility index (Phi) is 3.66. The molecule has 0 atom stereocenters. The van der Waals surface area contributed by atoms with Crippen molar-refractivity contribution in [3.63, 3.8) is 0 Å². The van der Waals surface area contributed by atoms with Crippen LogP contribution >= 0.6 is 0 Å². The highest BCUT2D eigenvalue weighted by molar-refractivity contribution is 5.93. The summed E-state index contributed by atoms with van der Waals surface area (Å²) in [7, 11) is 0. The number of anilines is 1. The molecule has 0 saturated heterocycles. The number of pyridine rings is 1. The van der Waals surface area contributed by atoms with Gasteiger partial charge in [0.1, 0.15) is 11.4 Å². The van der Waals surface area contributed by atoms with Crippen molar-refractivity contribution in [1.82, 2.24) is 4.98 Å². The van der Waals surface area contributed by atoms with Gasteiger partial charge in [-0.25, -0.2) is 0 Å². The third-order valence-electron chi connectivity index (χ3n) is 2.72. The molecule has 0 aliphatic rings. The topological polar surface area (TPSA) is 88.2 Å². The number of primary amides is 1. The highest BCUT2D eigenvalue weighted by Crippen LogP contribution is 2.17. The number of amides is 1. The van der Waals surface area contributed by atoms with Crippen LogP contribution in [0.15, 0.2) is 36.4 Å². The number of aryl methyl sites for hydroxylation is 1. The zero-order chi connectivity index (χ0) is 13.8. The average molecular weight is 257 g/mol. The number of carbonyl (C=O) groups is 1. The first-order valence-corrected chi connectivity index (χ1v) is 5.85. The maximum atomic E-state index is 10.9. The summed E-state index contributed by atoms with van der Waals surface area (Å²) in [6.07, 6.45) is 0. The lowest BCUT2D eigenvalue weighted by Crippen LogP contribution is -2.10. The molecule has 2 aromatic rings. The third-order valence-corrected chi connectivity index (χ3v) is 2.72. The Hall–Kier alpha value is -2.56. The molecule has 0 aliphatic carbocycles. The molecule has 0 unspecified atom stereocenters. The molecule has 1 heterocycles. The number of carbonyl (C=O) groups excluding carboxylic acids is 1. The smallest absolute Gasteiger partial charge is 0.248 e. The Morgan fingerprint density at radius 1 is 1.26 bits per heavy atom. The minimum atomic E-state index is -0.454. The van der Waals surface area contributed by atoms with Crippen LogP contribution in [0.2, 0.25) is 0 Å². The monoisotopic (exact) mass is 257 g/mol. The number of nitrogens with zero attached hydrogens (tertiary/aromatic N) is 1. The van der Waals surface area contributed by atoms with Gasteiger partial charge in [-0.15, -0.1) is 0 Å². The van der Waals surface area contributed by atoms with E-state index in [-0.39, 0.29) is 5.75 Å². The van der Waals surface area contributed by atoms with E-state index in [9.17, 15) is 9.90 Å². The van der Waals surface area contributed by atoms with Crippen LogP contribution in [0.1, 0.15) is 21.7 Å². The van der Waals surface area contributed by atoms with Gasteiger partial charge < -0.3 is 16.2 Å². The maximum Gasteiger partial charge on any atom is 0.248 e. The first-order valence-electron chi connectivity index (χ1n) is 5.85. The van der Waals surface area contributed by atoms with Gasteiger partial charge >= 0.3 is 0 Å². The second kappa shape index (κ2) is 5.39. The number of benzene rings is 1. The van der Waals surface area contributed by atoms with Crippen molar-refractivity contribution in [1.29, 1.82) is 0 Å². The van der Waals surface area contributed by atoms with Gasteiger partial charge in [0.15, 0.2) is 0 Å². The van der Waals surface area contributed by atoms with Crippen LogP contribution in [0.3, 0.4) is 0 Å². The van der Waals surface area contributed by atoms with Crippen LogP contribution in [0, 0.1) is 6.92 Å². The lowest BCUT2D eigenvalue weighted by molar-refractivity contribution is 0.100. The summed E-state index contributed by atoms with van der Waals surface area (Å²) < 4.78 is 0. The quantitative estimate of drug-likeness (QED) is 0.779. The summed E-state index contributed by atoms with van der Waals surface area (Å²) in [5.74, 6) is -0.295. The zero-order valence-corrected chi connectivity index (χ0v) is 10.6. The van der Waals surface area contributed by atoms with Crippen LogP contribution in [-0.4, -0.2) is 16.0 Å². The van der Waals surface area contributed by atoms with Gasteiger partial charge in [0.25, 0.3) is 0 Å². The van der Waals surface area contributed by atoms with E-state index >= 15 is 0 Å². The van der Waals surface area contributed by atoms with Crippen LogP contribution in [0.5, 0.6) is 5.75 Å². The third kappa shape index (κ3) is 3.22. The average Bonchev–Trinajstić information content (AvgIpc) is 2.40. The first-order chi connectivity index (χ1) is 9.06. The molecule has 5 nitrogen and oxygen atoms in total. The molecule has 0 bridgehead atoms. The molecule has 1 amide bonds. The molecule has 0 fully saturated rings. The Labute approximate surface area is 111 Å². The van der Waals surface area contributed by atoms with Gasteiger partial charge in [-0.2, -0.15) is 0 Å². The highest BCUT2D eigenvalue weighted by Gasteiger charge is 2.04. The second-order valence-corrected chi connectivity index (χ2v) is 4.21. The fourth-order valence-corrected chi connectivity index (χ4v) is 1.67. The minimum absolute atomic E-state index is 0.159. The zero-order valence-electron chi connectivity index (χ0n) is 10.6. The van der Waals surface area contributed by atoms with Gasteiger partial charge in [0, 0.05) is 16.9 Å². The Morgan fingerprint density at radius 3 is 2.58 bits per heavy atom. The number of hydrogen-bond donors (Lipinski definition) is 3. The SMILES string of the molecule is Cc1ccc(O)c(CNc2ccc(C(N)=O)cc2)n1. The number of nitrogens with one attached hydrogen (secondary N) is 1. The highest BCUT2D eigenvalue weighted by atomic mass is 16.3.